The summed E-state index contributed by atoms with van der Waals surface area (Å²) in [7, 11) is 0. The number of nitrogens with zero attached hydrogens (tertiary/aromatic N) is 2. The zero-order valence-corrected chi connectivity index (χ0v) is 12.3. The average Bonchev–Trinajstić information content (AvgIpc) is 3.20. The minimum atomic E-state index is -0.820. The second kappa shape index (κ2) is 5.73. The third-order valence-corrected chi connectivity index (χ3v) is 4.64. The van der Waals surface area contributed by atoms with Crippen molar-refractivity contribution in [2.75, 3.05) is 13.1 Å². The van der Waals surface area contributed by atoms with Crippen LogP contribution in [-0.4, -0.2) is 39.5 Å². The van der Waals surface area contributed by atoms with Crippen LogP contribution < -0.4 is 0 Å². The number of carbonyl (C=O) groups is 2. The van der Waals surface area contributed by atoms with Crippen molar-refractivity contribution in [1.82, 2.24) is 9.47 Å². The molecule has 1 atom stereocenters. The molecule has 0 aromatic carbocycles. The Morgan fingerprint density at radius 1 is 1.33 bits per heavy atom. The molecule has 3 rings (SSSR count). The molecule has 2 aromatic heterocycles. The molecule has 5 nitrogen and oxygen atoms in total. The predicted octanol–water partition coefficient (Wildman–Crippen LogP) is 2.14. The highest BCUT2D eigenvalue weighted by Crippen LogP contribution is 2.20. The molecule has 0 aliphatic carbocycles. The van der Waals surface area contributed by atoms with Gasteiger partial charge in [-0.2, -0.15) is 0 Å². The highest BCUT2D eigenvalue weighted by molar-refractivity contribution is 7.09. The second-order valence-corrected chi connectivity index (χ2v) is 6.21. The first-order chi connectivity index (χ1) is 10.1. The van der Waals surface area contributed by atoms with Gasteiger partial charge in [-0.1, -0.05) is 6.07 Å². The molecule has 0 bridgehead atoms. The molecule has 1 aliphatic rings. The highest BCUT2D eigenvalue weighted by atomic mass is 32.1. The van der Waals surface area contributed by atoms with E-state index in [-0.39, 0.29) is 5.91 Å². The topological polar surface area (TPSA) is 62.5 Å². The van der Waals surface area contributed by atoms with Gasteiger partial charge < -0.3 is 14.6 Å². The Labute approximate surface area is 126 Å². The summed E-state index contributed by atoms with van der Waals surface area (Å²) < 4.78 is 1.92. The number of carboxylic acid groups (broad SMARTS) is 1. The van der Waals surface area contributed by atoms with Crippen LogP contribution in [0.3, 0.4) is 0 Å². The predicted molar refractivity (Wildman–Crippen MR) is 79.5 cm³/mol. The van der Waals surface area contributed by atoms with Crippen molar-refractivity contribution in [1.29, 1.82) is 0 Å². The maximum atomic E-state index is 12.5. The van der Waals surface area contributed by atoms with Crippen molar-refractivity contribution in [3.05, 3.63) is 46.4 Å². The van der Waals surface area contributed by atoms with Crippen molar-refractivity contribution in [2.24, 2.45) is 5.92 Å². The van der Waals surface area contributed by atoms with E-state index in [2.05, 4.69) is 0 Å². The number of carbonyl (C=O) groups excluding carboxylic acids is 1. The van der Waals surface area contributed by atoms with Gasteiger partial charge >= 0.3 is 5.97 Å². The Morgan fingerprint density at radius 2 is 2.19 bits per heavy atom. The fourth-order valence-corrected chi connectivity index (χ4v) is 3.33. The first-order valence-electron chi connectivity index (χ1n) is 6.85. The standard InChI is InChI=1S/C15H16N2O3S/c18-14(17-7-5-11(9-17)15(19)20)13-4-1-6-16(13)10-12-3-2-8-21-12/h1-4,6,8,11H,5,7,9-10H2,(H,19,20). The molecule has 1 unspecified atom stereocenters. The number of likely N-dealkylation sites (tertiary alicyclic amines) is 1. The van der Waals surface area contributed by atoms with Crippen molar-refractivity contribution in [2.45, 2.75) is 13.0 Å². The fraction of sp³-hybridized carbons (Fsp3) is 0.333. The number of amides is 1. The first kappa shape index (κ1) is 13.9. The van der Waals surface area contributed by atoms with Crippen LogP contribution in [0.4, 0.5) is 0 Å². The normalized spacial score (nSPS) is 18.1. The van der Waals surface area contributed by atoms with Gasteiger partial charge in [0.15, 0.2) is 0 Å². The summed E-state index contributed by atoms with van der Waals surface area (Å²) in [5.74, 6) is -1.34. The van der Waals surface area contributed by atoms with E-state index in [1.807, 2.05) is 34.3 Å². The smallest absolute Gasteiger partial charge is 0.308 e. The number of aliphatic carboxylic acids is 1. The largest absolute Gasteiger partial charge is 0.481 e. The number of aromatic nitrogens is 1. The molecule has 1 N–H and O–H groups in total. The lowest BCUT2D eigenvalue weighted by molar-refractivity contribution is -0.141. The molecule has 0 spiro atoms. The van der Waals surface area contributed by atoms with E-state index < -0.39 is 11.9 Å². The summed E-state index contributed by atoms with van der Waals surface area (Å²) in [5.41, 5.74) is 0.620. The van der Waals surface area contributed by atoms with Gasteiger partial charge in [0.1, 0.15) is 5.69 Å². The van der Waals surface area contributed by atoms with Crippen LogP contribution in [0.2, 0.25) is 0 Å². The van der Waals surface area contributed by atoms with Crippen LogP contribution >= 0.6 is 11.3 Å². The lowest BCUT2D eigenvalue weighted by Crippen LogP contribution is -2.31. The van der Waals surface area contributed by atoms with E-state index in [9.17, 15) is 9.59 Å². The monoisotopic (exact) mass is 304 g/mol. The molecule has 6 heteroatoms. The Balaban J connectivity index is 1.74. The summed E-state index contributed by atoms with van der Waals surface area (Å²) in [4.78, 5) is 26.4. The van der Waals surface area contributed by atoms with Crippen LogP contribution in [0, 0.1) is 5.92 Å². The number of rotatable bonds is 4. The first-order valence-corrected chi connectivity index (χ1v) is 7.72. The van der Waals surface area contributed by atoms with E-state index in [4.69, 9.17) is 5.11 Å². The van der Waals surface area contributed by atoms with Gasteiger partial charge in [0.2, 0.25) is 0 Å². The number of hydrogen-bond donors (Lipinski definition) is 1. The van der Waals surface area contributed by atoms with Crippen LogP contribution in [0.1, 0.15) is 21.8 Å². The Hall–Kier alpha value is -2.08. The molecule has 110 valence electrons. The molecule has 1 fully saturated rings. The summed E-state index contributed by atoms with van der Waals surface area (Å²) >= 11 is 1.65. The van der Waals surface area contributed by atoms with Crippen LogP contribution in [-0.2, 0) is 11.3 Å². The van der Waals surface area contributed by atoms with Crippen LogP contribution in [0.25, 0.3) is 0 Å². The minimum absolute atomic E-state index is 0.0830. The van der Waals surface area contributed by atoms with Crippen molar-refractivity contribution in [3.8, 4) is 0 Å². The molecule has 0 radical (unpaired) electrons. The van der Waals surface area contributed by atoms with E-state index >= 15 is 0 Å². The van der Waals surface area contributed by atoms with Crippen LogP contribution in [0.5, 0.6) is 0 Å². The van der Waals surface area contributed by atoms with Gasteiger partial charge in [-0.3, -0.25) is 9.59 Å². The minimum Gasteiger partial charge on any atom is -0.481 e. The van der Waals surface area contributed by atoms with Crippen LogP contribution in [0.15, 0.2) is 35.8 Å². The maximum absolute atomic E-state index is 12.5. The molecule has 0 saturated carbocycles. The van der Waals surface area contributed by atoms with Crippen molar-refractivity contribution < 1.29 is 14.7 Å². The van der Waals surface area contributed by atoms with Gasteiger partial charge in [-0.05, 0) is 30.0 Å². The highest BCUT2D eigenvalue weighted by Gasteiger charge is 2.32. The second-order valence-electron chi connectivity index (χ2n) is 5.18. The average molecular weight is 304 g/mol. The lowest BCUT2D eigenvalue weighted by Gasteiger charge is -2.17. The quantitative estimate of drug-likeness (QED) is 0.941. The van der Waals surface area contributed by atoms with Gasteiger partial charge in [-0.15, -0.1) is 11.3 Å². The van der Waals surface area contributed by atoms with Crippen molar-refractivity contribution in [3.63, 3.8) is 0 Å². The molecule has 1 aliphatic heterocycles. The Bertz CT molecular complexity index is 648. The summed E-state index contributed by atoms with van der Waals surface area (Å²) in [6.07, 6.45) is 2.42. The zero-order chi connectivity index (χ0) is 14.8. The van der Waals surface area contributed by atoms with Gasteiger partial charge in [0.25, 0.3) is 5.91 Å². The third kappa shape index (κ3) is 2.85. The number of thiophene rings is 1. The molecule has 3 heterocycles. The van der Waals surface area contributed by atoms with E-state index in [0.717, 1.165) is 0 Å². The van der Waals surface area contributed by atoms with Gasteiger partial charge in [0.05, 0.1) is 12.5 Å². The molecule has 1 saturated heterocycles. The molecule has 1 amide bonds. The van der Waals surface area contributed by atoms with Crippen molar-refractivity contribution >= 4 is 23.2 Å². The summed E-state index contributed by atoms with van der Waals surface area (Å²) in [6.45, 7) is 1.49. The number of carboxylic acids is 1. The number of hydrogen-bond acceptors (Lipinski definition) is 3. The molecule has 21 heavy (non-hydrogen) atoms. The summed E-state index contributed by atoms with van der Waals surface area (Å²) in [6, 6.07) is 7.67. The SMILES string of the molecule is O=C(O)C1CCN(C(=O)c2cccn2Cc2cccs2)C1. The lowest BCUT2D eigenvalue weighted by atomic mass is 10.1. The Kier molecular flexibility index (Phi) is 3.79. The molecule has 2 aromatic rings. The third-order valence-electron chi connectivity index (χ3n) is 3.78. The zero-order valence-electron chi connectivity index (χ0n) is 11.4. The maximum Gasteiger partial charge on any atom is 0.308 e. The molecular weight excluding hydrogens is 288 g/mol. The molecular formula is C15H16N2O3S. The van der Waals surface area contributed by atoms with E-state index in [0.29, 0.717) is 31.7 Å². The summed E-state index contributed by atoms with van der Waals surface area (Å²) in [5, 5.41) is 11.0. The van der Waals surface area contributed by atoms with E-state index in [1.54, 1.807) is 22.3 Å². The Morgan fingerprint density at radius 3 is 2.86 bits per heavy atom. The van der Waals surface area contributed by atoms with E-state index in [1.165, 1.54) is 4.88 Å². The van der Waals surface area contributed by atoms with Gasteiger partial charge in [-0.25, -0.2) is 0 Å². The van der Waals surface area contributed by atoms with Gasteiger partial charge in [0, 0.05) is 24.2 Å². The fourth-order valence-electron chi connectivity index (χ4n) is 2.62.